The van der Waals surface area contributed by atoms with Crippen LogP contribution in [0.4, 0.5) is 0 Å². The standard InChI is InChI=1S/C19H20O7/c1-16-7-12(21)19(25)17(24,8-16)6-5-10-14(22)13-9(3-2-4-11(13)20)15(23)18(10,19)26-16/h2-4,10,15,20,23-25H,5-8H2,1H3/t10-,15+,16+,17-,18-,19+/m0/s1. The second-order valence-electron chi connectivity index (χ2n) is 8.46. The van der Waals surface area contributed by atoms with E-state index in [4.69, 9.17) is 4.74 Å². The Hall–Kier alpha value is -1.80. The monoisotopic (exact) mass is 360 g/mol. The fourth-order valence-corrected chi connectivity index (χ4v) is 6.09. The number of fused-ring (bicyclic) bond motifs is 2. The number of rotatable bonds is 0. The molecule has 2 saturated heterocycles. The molecule has 4 bridgehead atoms. The van der Waals surface area contributed by atoms with E-state index >= 15 is 0 Å². The summed E-state index contributed by atoms with van der Waals surface area (Å²) in [5, 5.41) is 44.1. The van der Waals surface area contributed by atoms with Gasteiger partial charge in [0.05, 0.1) is 17.1 Å². The van der Waals surface area contributed by atoms with Gasteiger partial charge in [0.25, 0.3) is 0 Å². The number of phenols is 1. The summed E-state index contributed by atoms with van der Waals surface area (Å²) >= 11 is 0. The molecule has 1 spiro atoms. The van der Waals surface area contributed by atoms with Crippen LogP contribution in [-0.2, 0) is 9.53 Å². The molecule has 0 amide bonds. The van der Waals surface area contributed by atoms with Crippen molar-refractivity contribution in [3.63, 3.8) is 0 Å². The number of phenolic OH excluding ortho intramolecular Hbond substituents is 1. The minimum Gasteiger partial charge on any atom is -0.507 e. The number of hydrogen-bond acceptors (Lipinski definition) is 7. The van der Waals surface area contributed by atoms with E-state index in [2.05, 4.69) is 0 Å². The van der Waals surface area contributed by atoms with Gasteiger partial charge in [-0.15, -0.1) is 0 Å². The normalized spacial score (nSPS) is 48.9. The van der Waals surface area contributed by atoms with Crippen molar-refractivity contribution in [1.29, 1.82) is 0 Å². The van der Waals surface area contributed by atoms with Crippen molar-refractivity contribution >= 4 is 11.6 Å². The molecule has 26 heavy (non-hydrogen) atoms. The average molecular weight is 360 g/mol. The lowest BCUT2D eigenvalue weighted by molar-refractivity contribution is -0.394. The molecule has 1 aromatic rings. The topological polar surface area (TPSA) is 124 Å². The molecule has 7 heteroatoms. The van der Waals surface area contributed by atoms with Gasteiger partial charge in [-0.05, 0) is 31.4 Å². The van der Waals surface area contributed by atoms with Crippen molar-refractivity contribution in [2.75, 3.05) is 0 Å². The number of aliphatic hydroxyl groups is 3. The lowest BCUT2D eigenvalue weighted by atomic mass is 9.44. The van der Waals surface area contributed by atoms with Crippen LogP contribution in [0.3, 0.4) is 0 Å². The molecular weight excluding hydrogens is 340 g/mol. The minimum atomic E-state index is -2.38. The van der Waals surface area contributed by atoms with Gasteiger partial charge in [0.2, 0.25) is 0 Å². The molecule has 4 fully saturated rings. The van der Waals surface area contributed by atoms with Crippen molar-refractivity contribution in [3.05, 3.63) is 29.3 Å². The predicted molar refractivity (Wildman–Crippen MR) is 86.5 cm³/mol. The highest BCUT2D eigenvalue weighted by molar-refractivity contribution is 6.06. The summed E-state index contributed by atoms with van der Waals surface area (Å²) in [6.45, 7) is 1.66. The molecule has 7 nitrogen and oxygen atoms in total. The van der Waals surface area contributed by atoms with Gasteiger partial charge in [0.15, 0.2) is 17.2 Å². The van der Waals surface area contributed by atoms with Crippen molar-refractivity contribution < 1.29 is 34.8 Å². The first-order valence-corrected chi connectivity index (χ1v) is 8.82. The molecule has 5 aliphatic rings. The summed E-state index contributed by atoms with van der Waals surface area (Å²) in [7, 11) is 0. The summed E-state index contributed by atoms with van der Waals surface area (Å²) in [4.78, 5) is 26.1. The van der Waals surface area contributed by atoms with Crippen molar-refractivity contribution in [3.8, 4) is 5.75 Å². The molecule has 138 valence electrons. The highest BCUT2D eigenvalue weighted by Gasteiger charge is 2.84. The number of aromatic hydroxyl groups is 1. The molecule has 4 N–H and O–H groups in total. The average Bonchev–Trinajstić information content (AvgIpc) is 2.54. The number of Topliss-reactive ketones (excluding diaryl/α,β-unsaturated/α-hetero) is 2. The lowest BCUT2D eigenvalue weighted by Gasteiger charge is -2.71. The third kappa shape index (κ3) is 1.44. The number of carbonyl (C=O) groups excluding carboxylic acids is 2. The Kier molecular flexibility index (Phi) is 2.75. The van der Waals surface area contributed by atoms with Gasteiger partial charge in [0, 0.05) is 12.8 Å². The maximum absolute atomic E-state index is 13.2. The maximum atomic E-state index is 13.2. The van der Waals surface area contributed by atoms with Crippen LogP contribution in [0.1, 0.15) is 54.6 Å². The largest absolute Gasteiger partial charge is 0.507 e. The third-order valence-electron chi connectivity index (χ3n) is 6.96. The highest BCUT2D eigenvalue weighted by Crippen LogP contribution is 2.68. The Balaban J connectivity index is 1.85. The summed E-state index contributed by atoms with van der Waals surface area (Å²) in [6, 6.07) is 4.30. The second-order valence-corrected chi connectivity index (χ2v) is 8.46. The Morgan fingerprint density at radius 2 is 1.96 bits per heavy atom. The zero-order valence-corrected chi connectivity index (χ0v) is 14.2. The van der Waals surface area contributed by atoms with Crippen LogP contribution < -0.4 is 0 Å². The first-order valence-electron chi connectivity index (χ1n) is 8.82. The number of ether oxygens (including phenoxy) is 1. The minimum absolute atomic E-state index is 0.00712. The van der Waals surface area contributed by atoms with Crippen LogP contribution in [0.2, 0.25) is 0 Å². The number of carbonyl (C=O) groups is 2. The second kappa shape index (κ2) is 4.36. The molecule has 2 saturated carbocycles. The fourth-order valence-electron chi connectivity index (χ4n) is 6.09. The molecule has 0 aromatic heterocycles. The molecule has 0 unspecified atom stereocenters. The van der Waals surface area contributed by atoms with E-state index < -0.39 is 46.0 Å². The van der Waals surface area contributed by atoms with Gasteiger partial charge in [-0.1, -0.05) is 12.1 Å². The Labute approximate surface area is 149 Å². The predicted octanol–water partition coefficient (Wildman–Crippen LogP) is 0.385. The van der Waals surface area contributed by atoms with Crippen molar-refractivity contribution in [1.82, 2.24) is 0 Å². The Morgan fingerprint density at radius 3 is 2.69 bits per heavy atom. The van der Waals surface area contributed by atoms with Gasteiger partial charge in [-0.3, -0.25) is 9.59 Å². The highest BCUT2D eigenvalue weighted by atomic mass is 16.6. The lowest BCUT2D eigenvalue weighted by Crippen LogP contribution is -2.88. The molecule has 1 aromatic carbocycles. The molecule has 6 atom stereocenters. The number of ketones is 2. The molecular formula is C19H20O7. The van der Waals surface area contributed by atoms with Crippen LogP contribution in [0.25, 0.3) is 0 Å². The Morgan fingerprint density at radius 1 is 1.23 bits per heavy atom. The number of benzene rings is 1. The van der Waals surface area contributed by atoms with Gasteiger partial charge < -0.3 is 25.2 Å². The van der Waals surface area contributed by atoms with Crippen LogP contribution >= 0.6 is 0 Å². The van der Waals surface area contributed by atoms with Crippen molar-refractivity contribution in [2.45, 2.75) is 61.1 Å². The van der Waals surface area contributed by atoms with E-state index in [1.807, 2.05) is 0 Å². The van der Waals surface area contributed by atoms with E-state index in [9.17, 15) is 30.0 Å². The summed E-state index contributed by atoms with van der Waals surface area (Å²) in [5.74, 6) is -2.39. The first kappa shape index (κ1) is 16.4. The van der Waals surface area contributed by atoms with Gasteiger partial charge in [-0.2, -0.15) is 0 Å². The third-order valence-corrected chi connectivity index (χ3v) is 6.96. The van der Waals surface area contributed by atoms with Gasteiger partial charge in [0.1, 0.15) is 23.1 Å². The first-order chi connectivity index (χ1) is 12.1. The van der Waals surface area contributed by atoms with Crippen LogP contribution in [0.15, 0.2) is 18.2 Å². The summed E-state index contributed by atoms with van der Waals surface area (Å²) < 4.78 is 6.17. The van der Waals surface area contributed by atoms with E-state index in [-0.39, 0.29) is 42.6 Å². The van der Waals surface area contributed by atoms with E-state index in [0.29, 0.717) is 0 Å². The molecule has 3 aliphatic carbocycles. The van der Waals surface area contributed by atoms with Gasteiger partial charge in [-0.25, -0.2) is 0 Å². The van der Waals surface area contributed by atoms with Crippen LogP contribution in [0, 0.1) is 5.92 Å². The molecule has 0 radical (unpaired) electrons. The smallest absolute Gasteiger partial charge is 0.184 e. The fraction of sp³-hybridized carbons (Fsp3) is 0.579. The molecule has 6 rings (SSSR count). The van der Waals surface area contributed by atoms with Crippen LogP contribution in [0.5, 0.6) is 5.75 Å². The molecule has 2 heterocycles. The van der Waals surface area contributed by atoms with E-state index in [1.54, 1.807) is 6.92 Å². The molecule has 2 aliphatic heterocycles. The zero-order chi connectivity index (χ0) is 18.7. The summed E-state index contributed by atoms with van der Waals surface area (Å²) in [6.07, 6.45) is -1.38. The van der Waals surface area contributed by atoms with E-state index in [1.165, 1.54) is 18.2 Å². The SMILES string of the molecule is C[C@]12CC(=O)[C@@]3(O)[C@](O)(CC[C@H]4C(=O)c5c(O)cccc5[C@@H](O)[C@@]43O1)C2. The number of hydrogen-bond donors (Lipinski definition) is 4. The van der Waals surface area contributed by atoms with Crippen molar-refractivity contribution in [2.24, 2.45) is 5.92 Å². The maximum Gasteiger partial charge on any atom is 0.184 e. The van der Waals surface area contributed by atoms with E-state index in [0.717, 1.165) is 0 Å². The summed E-state index contributed by atoms with van der Waals surface area (Å²) in [5.41, 5.74) is -7.08. The number of aliphatic hydroxyl groups excluding tert-OH is 1. The Bertz CT molecular complexity index is 881. The van der Waals surface area contributed by atoms with Crippen LogP contribution in [-0.4, -0.2) is 54.4 Å². The van der Waals surface area contributed by atoms with Gasteiger partial charge >= 0.3 is 0 Å². The quantitative estimate of drug-likeness (QED) is 0.527. The zero-order valence-electron chi connectivity index (χ0n) is 14.2.